The molecule has 0 spiro atoms. The molecule has 0 amide bonds. The molecule has 174 valence electrons. The van der Waals surface area contributed by atoms with Gasteiger partial charge in [-0.05, 0) is 49.7 Å². The van der Waals surface area contributed by atoms with Crippen LogP contribution < -0.4 is 15.0 Å². The molecule has 2 aromatic heterocycles. The summed E-state index contributed by atoms with van der Waals surface area (Å²) in [5.41, 5.74) is 1.07. The largest absolute Gasteiger partial charge is 0.495 e. The lowest BCUT2D eigenvalue weighted by Gasteiger charge is -2.35. The molecule has 4 rings (SSSR count). The smallest absolute Gasteiger partial charge is 0.246 e. The van der Waals surface area contributed by atoms with Crippen LogP contribution in [-0.4, -0.2) is 61.0 Å². The number of hydrogen-bond donors (Lipinski definition) is 1. The van der Waals surface area contributed by atoms with Gasteiger partial charge in [0.25, 0.3) is 0 Å². The molecule has 0 saturated carbocycles. The van der Waals surface area contributed by atoms with E-state index in [9.17, 15) is 12.8 Å². The second kappa shape index (κ2) is 9.28. The van der Waals surface area contributed by atoms with E-state index in [1.54, 1.807) is 13.1 Å². The molecule has 1 fully saturated rings. The highest BCUT2D eigenvalue weighted by Crippen LogP contribution is 2.29. The van der Waals surface area contributed by atoms with Crippen LogP contribution in [0.1, 0.15) is 11.4 Å². The third kappa shape index (κ3) is 5.04. The second-order valence-corrected chi connectivity index (χ2v) is 9.59. The van der Waals surface area contributed by atoms with Crippen LogP contribution in [-0.2, 0) is 10.0 Å². The fourth-order valence-corrected chi connectivity index (χ4v) is 5.25. The molecular weight excluding hydrogens is 447 g/mol. The Balaban J connectivity index is 1.50. The Bertz CT molecular complexity index is 1260. The number of aromatic nitrogens is 3. The highest BCUT2D eigenvalue weighted by atomic mass is 32.2. The van der Waals surface area contributed by atoms with Gasteiger partial charge in [0.2, 0.25) is 10.0 Å². The highest BCUT2D eigenvalue weighted by Gasteiger charge is 2.31. The van der Waals surface area contributed by atoms with Crippen molar-refractivity contribution >= 4 is 27.5 Å². The van der Waals surface area contributed by atoms with Crippen LogP contribution in [0.4, 0.5) is 21.8 Å². The summed E-state index contributed by atoms with van der Waals surface area (Å²) in [6.45, 7) is 5.09. The zero-order chi connectivity index (χ0) is 23.6. The lowest BCUT2D eigenvalue weighted by atomic mass is 10.3. The maximum Gasteiger partial charge on any atom is 0.246 e. The first-order chi connectivity index (χ1) is 15.8. The number of aryl methyl sites for hydroxylation is 2. The normalized spacial score (nSPS) is 14.8. The topological polar surface area (TPSA) is 101 Å². The van der Waals surface area contributed by atoms with Crippen molar-refractivity contribution in [1.29, 1.82) is 0 Å². The number of benzene rings is 1. The first-order valence-corrected chi connectivity index (χ1v) is 11.8. The van der Waals surface area contributed by atoms with E-state index in [0.29, 0.717) is 36.4 Å². The first-order valence-electron chi connectivity index (χ1n) is 10.4. The van der Waals surface area contributed by atoms with Crippen molar-refractivity contribution in [1.82, 2.24) is 19.3 Å². The Morgan fingerprint density at radius 3 is 2.45 bits per heavy atom. The van der Waals surface area contributed by atoms with Gasteiger partial charge in [0.15, 0.2) is 0 Å². The SMILES string of the molecule is COc1ccc(F)cc1S(=O)(=O)N1CCN(c2cc(Nc3cc(C)ccn3)nc(C)n2)CC1. The molecule has 11 heteroatoms. The van der Waals surface area contributed by atoms with Gasteiger partial charge >= 0.3 is 0 Å². The minimum Gasteiger partial charge on any atom is -0.495 e. The van der Waals surface area contributed by atoms with Crippen molar-refractivity contribution in [3.8, 4) is 5.75 Å². The third-order valence-electron chi connectivity index (χ3n) is 5.30. The molecule has 1 aliphatic heterocycles. The standard InChI is InChI=1S/C22H25FN6O3S/c1-15-6-7-24-20(12-15)27-21-14-22(26-16(2)25-21)28-8-10-29(11-9-28)33(30,31)19-13-17(23)4-5-18(19)32-3/h4-7,12-14H,8-11H2,1-3H3,(H,24,25,26,27). The van der Waals surface area contributed by atoms with Gasteiger partial charge < -0.3 is 15.0 Å². The number of ether oxygens (including phenoxy) is 1. The Labute approximate surface area is 192 Å². The number of anilines is 3. The van der Waals surface area contributed by atoms with Gasteiger partial charge in [0.1, 0.15) is 39.7 Å². The number of pyridine rings is 1. The van der Waals surface area contributed by atoms with Crippen molar-refractivity contribution in [2.45, 2.75) is 18.7 Å². The summed E-state index contributed by atoms with van der Waals surface area (Å²) in [5.74, 6) is 2.05. The summed E-state index contributed by atoms with van der Waals surface area (Å²) in [6, 6.07) is 9.13. The molecule has 3 aromatic rings. The van der Waals surface area contributed by atoms with Crippen LogP contribution in [0.2, 0.25) is 0 Å². The molecule has 1 saturated heterocycles. The van der Waals surface area contributed by atoms with E-state index in [2.05, 4.69) is 20.3 Å². The van der Waals surface area contributed by atoms with E-state index in [1.807, 2.05) is 30.0 Å². The average Bonchev–Trinajstić information content (AvgIpc) is 2.79. The van der Waals surface area contributed by atoms with Crippen LogP contribution in [0.3, 0.4) is 0 Å². The van der Waals surface area contributed by atoms with Crippen molar-refractivity contribution in [2.75, 3.05) is 43.5 Å². The van der Waals surface area contributed by atoms with Crippen LogP contribution >= 0.6 is 0 Å². The zero-order valence-corrected chi connectivity index (χ0v) is 19.4. The van der Waals surface area contributed by atoms with E-state index in [1.165, 1.54) is 23.5 Å². The van der Waals surface area contributed by atoms with Crippen molar-refractivity contribution in [3.05, 3.63) is 59.8 Å². The molecule has 0 unspecified atom stereocenters. The number of sulfonamides is 1. The molecule has 9 nitrogen and oxygen atoms in total. The second-order valence-electron chi connectivity index (χ2n) is 7.69. The van der Waals surface area contributed by atoms with Gasteiger partial charge in [0, 0.05) is 38.4 Å². The van der Waals surface area contributed by atoms with Gasteiger partial charge in [0.05, 0.1) is 7.11 Å². The van der Waals surface area contributed by atoms with Crippen LogP contribution in [0.25, 0.3) is 0 Å². The van der Waals surface area contributed by atoms with E-state index in [4.69, 9.17) is 4.74 Å². The molecule has 0 atom stereocenters. The van der Waals surface area contributed by atoms with Crippen molar-refractivity contribution < 1.29 is 17.5 Å². The van der Waals surface area contributed by atoms with Gasteiger partial charge in [-0.3, -0.25) is 0 Å². The molecular formula is C22H25FN6O3S. The highest BCUT2D eigenvalue weighted by molar-refractivity contribution is 7.89. The van der Waals surface area contributed by atoms with E-state index in [-0.39, 0.29) is 23.7 Å². The lowest BCUT2D eigenvalue weighted by molar-refractivity contribution is 0.372. The molecule has 3 heterocycles. The summed E-state index contributed by atoms with van der Waals surface area (Å²) in [4.78, 5) is 15.1. The van der Waals surface area contributed by atoms with Crippen molar-refractivity contribution in [3.63, 3.8) is 0 Å². The monoisotopic (exact) mass is 472 g/mol. The number of nitrogens with one attached hydrogen (secondary N) is 1. The maximum absolute atomic E-state index is 13.7. The number of halogens is 1. The molecule has 0 aliphatic carbocycles. The van der Waals surface area contributed by atoms with E-state index >= 15 is 0 Å². The first kappa shape index (κ1) is 22.9. The molecule has 1 N–H and O–H groups in total. The quantitative estimate of drug-likeness (QED) is 0.585. The van der Waals surface area contributed by atoms with Gasteiger partial charge in [-0.1, -0.05) is 0 Å². The maximum atomic E-state index is 13.7. The minimum absolute atomic E-state index is 0.116. The van der Waals surface area contributed by atoms with Crippen LogP contribution in [0, 0.1) is 19.7 Å². The van der Waals surface area contributed by atoms with Crippen LogP contribution in [0.5, 0.6) is 5.75 Å². The Morgan fingerprint density at radius 1 is 1.00 bits per heavy atom. The van der Waals surface area contributed by atoms with E-state index in [0.717, 1.165) is 11.6 Å². The van der Waals surface area contributed by atoms with Gasteiger partial charge in [-0.25, -0.2) is 27.8 Å². The zero-order valence-electron chi connectivity index (χ0n) is 18.6. The number of piperazine rings is 1. The Hall–Kier alpha value is -3.31. The predicted molar refractivity (Wildman–Crippen MR) is 123 cm³/mol. The molecule has 0 bridgehead atoms. The summed E-state index contributed by atoms with van der Waals surface area (Å²) >= 11 is 0. The average molecular weight is 473 g/mol. The predicted octanol–water partition coefficient (Wildman–Crippen LogP) is 2.89. The molecule has 1 aromatic carbocycles. The molecule has 1 aliphatic rings. The van der Waals surface area contributed by atoms with Gasteiger partial charge in [-0.2, -0.15) is 4.31 Å². The fraction of sp³-hybridized carbons (Fsp3) is 0.318. The lowest BCUT2D eigenvalue weighted by Crippen LogP contribution is -2.49. The summed E-state index contributed by atoms with van der Waals surface area (Å²) in [5, 5.41) is 3.19. The number of rotatable bonds is 6. The molecule has 33 heavy (non-hydrogen) atoms. The number of methoxy groups -OCH3 is 1. The van der Waals surface area contributed by atoms with Gasteiger partial charge in [-0.15, -0.1) is 0 Å². The van der Waals surface area contributed by atoms with Crippen LogP contribution in [0.15, 0.2) is 47.5 Å². The van der Waals surface area contributed by atoms with Crippen molar-refractivity contribution in [2.24, 2.45) is 0 Å². The summed E-state index contributed by atoms with van der Waals surface area (Å²) in [6.07, 6.45) is 1.72. The van der Waals surface area contributed by atoms with E-state index < -0.39 is 15.8 Å². The Morgan fingerprint density at radius 2 is 1.76 bits per heavy atom. The number of hydrogen-bond acceptors (Lipinski definition) is 8. The molecule has 0 radical (unpaired) electrons. The number of nitrogens with zero attached hydrogens (tertiary/aromatic N) is 5. The summed E-state index contributed by atoms with van der Waals surface area (Å²) in [7, 11) is -2.55. The summed E-state index contributed by atoms with van der Waals surface area (Å²) < 4.78 is 46.5. The fourth-order valence-electron chi connectivity index (χ4n) is 3.66. The Kier molecular flexibility index (Phi) is 6.43. The third-order valence-corrected chi connectivity index (χ3v) is 7.22. The minimum atomic E-state index is -3.91.